The van der Waals surface area contributed by atoms with Gasteiger partial charge in [-0.2, -0.15) is 5.26 Å². The summed E-state index contributed by atoms with van der Waals surface area (Å²) >= 11 is 0. The molecular formula is C14H27N3O. The van der Waals surface area contributed by atoms with Gasteiger partial charge in [0.15, 0.2) is 0 Å². The van der Waals surface area contributed by atoms with E-state index in [0.29, 0.717) is 13.2 Å². The molecule has 0 aromatic carbocycles. The number of hydrogen-bond acceptors (Lipinski definition) is 4. The van der Waals surface area contributed by atoms with E-state index in [2.05, 4.69) is 29.7 Å². The van der Waals surface area contributed by atoms with Gasteiger partial charge in [-0.25, -0.2) is 0 Å². The lowest BCUT2D eigenvalue weighted by Gasteiger charge is -2.44. The summed E-state index contributed by atoms with van der Waals surface area (Å²) in [6, 6.07) is 2.40. The Morgan fingerprint density at radius 2 is 1.89 bits per heavy atom. The SMILES string of the molecule is CC.CCN1CCN([C@@]2(C)COC[C@H]2C#N)CC1. The van der Waals surface area contributed by atoms with E-state index in [4.69, 9.17) is 10.00 Å². The van der Waals surface area contributed by atoms with Crippen LogP contribution in [0.1, 0.15) is 27.7 Å². The molecule has 104 valence electrons. The second-order valence-electron chi connectivity index (χ2n) is 4.98. The Morgan fingerprint density at radius 3 is 2.39 bits per heavy atom. The van der Waals surface area contributed by atoms with E-state index in [1.165, 1.54) is 0 Å². The van der Waals surface area contributed by atoms with Gasteiger partial charge in [0.1, 0.15) is 0 Å². The molecule has 2 aliphatic rings. The number of ether oxygens (including phenoxy) is 1. The summed E-state index contributed by atoms with van der Waals surface area (Å²) in [7, 11) is 0. The smallest absolute Gasteiger partial charge is 0.0900 e. The molecule has 0 radical (unpaired) electrons. The van der Waals surface area contributed by atoms with Crippen molar-refractivity contribution in [3.05, 3.63) is 0 Å². The fourth-order valence-corrected chi connectivity index (χ4v) is 2.73. The van der Waals surface area contributed by atoms with Gasteiger partial charge < -0.3 is 9.64 Å². The Morgan fingerprint density at radius 1 is 1.28 bits per heavy atom. The minimum Gasteiger partial charge on any atom is -0.378 e. The highest BCUT2D eigenvalue weighted by Crippen LogP contribution is 2.31. The van der Waals surface area contributed by atoms with Crippen molar-refractivity contribution >= 4 is 0 Å². The third-order valence-electron chi connectivity index (χ3n) is 4.13. The van der Waals surface area contributed by atoms with Crippen LogP contribution in [-0.2, 0) is 4.74 Å². The first-order valence-corrected chi connectivity index (χ1v) is 7.15. The zero-order chi connectivity index (χ0) is 13.6. The summed E-state index contributed by atoms with van der Waals surface area (Å²) in [6.45, 7) is 15.2. The molecule has 2 atom stereocenters. The van der Waals surface area contributed by atoms with Gasteiger partial charge in [-0.15, -0.1) is 0 Å². The maximum atomic E-state index is 9.16. The summed E-state index contributed by atoms with van der Waals surface area (Å²) < 4.78 is 5.49. The molecule has 0 spiro atoms. The number of nitrogens with zero attached hydrogens (tertiary/aromatic N) is 3. The highest BCUT2D eigenvalue weighted by atomic mass is 16.5. The molecule has 0 aromatic rings. The first-order valence-electron chi connectivity index (χ1n) is 7.15. The van der Waals surface area contributed by atoms with Crippen molar-refractivity contribution in [2.75, 3.05) is 45.9 Å². The van der Waals surface area contributed by atoms with Crippen molar-refractivity contribution in [1.82, 2.24) is 9.80 Å². The minimum absolute atomic E-state index is 0.0284. The molecule has 0 bridgehead atoms. The highest BCUT2D eigenvalue weighted by molar-refractivity contribution is 5.06. The van der Waals surface area contributed by atoms with E-state index in [9.17, 15) is 0 Å². The maximum Gasteiger partial charge on any atom is 0.0900 e. The van der Waals surface area contributed by atoms with Crippen LogP contribution >= 0.6 is 0 Å². The van der Waals surface area contributed by atoms with Crippen LogP contribution in [0.25, 0.3) is 0 Å². The molecular weight excluding hydrogens is 226 g/mol. The normalized spacial score (nSPS) is 33.6. The number of rotatable bonds is 2. The van der Waals surface area contributed by atoms with Crippen LogP contribution in [0, 0.1) is 17.2 Å². The van der Waals surface area contributed by atoms with Gasteiger partial charge in [0.2, 0.25) is 0 Å². The van der Waals surface area contributed by atoms with E-state index >= 15 is 0 Å². The van der Waals surface area contributed by atoms with E-state index in [1.54, 1.807) is 0 Å². The fraction of sp³-hybridized carbons (Fsp3) is 0.929. The molecule has 0 unspecified atom stereocenters. The lowest BCUT2D eigenvalue weighted by atomic mass is 9.87. The molecule has 0 N–H and O–H groups in total. The van der Waals surface area contributed by atoms with Crippen molar-refractivity contribution in [3.63, 3.8) is 0 Å². The van der Waals surface area contributed by atoms with Crippen molar-refractivity contribution in [2.45, 2.75) is 33.2 Å². The predicted octanol–water partition coefficient (Wildman–Crippen LogP) is 1.58. The standard InChI is InChI=1S/C12H21N3O.C2H6/c1-3-14-4-6-15(7-5-14)12(2)10-16-9-11(12)8-13;1-2/h11H,3-7,9-10H2,1-2H3;1-2H3/t11-,12+;/m1./s1. The van der Waals surface area contributed by atoms with Gasteiger partial charge in [0.25, 0.3) is 0 Å². The molecule has 2 saturated heterocycles. The number of nitriles is 1. The first-order chi connectivity index (χ1) is 8.70. The van der Waals surface area contributed by atoms with Gasteiger partial charge in [-0.05, 0) is 13.5 Å². The average molecular weight is 253 g/mol. The molecule has 2 rings (SSSR count). The van der Waals surface area contributed by atoms with E-state index in [1.807, 2.05) is 13.8 Å². The summed E-state index contributed by atoms with van der Waals surface area (Å²) in [5.41, 5.74) is -0.0609. The third kappa shape index (κ3) is 3.03. The van der Waals surface area contributed by atoms with Crippen LogP contribution < -0.4 is 0 Å². The largest absolute Gasteiger partial charge is 0.378 e. The van der Waals surface area contributed by atoms with Crippen molar-refractivity contribution in [1.29, 1.82) is 5.26 Å². The van der Waals surface area contributed by atoms with Gasteiger partial charge in [-0.1, -0.05) is 20.8 Å². The number of likely N-dealkylation sites (N-methyl/N-ethyl adjacent to an activating group) is 1. The van der Waals surface area contributed by atoms with Gasteiger partial charge in [0.05, 0.1) is 30.7 Å². The zero-order valence-electron chi connectivity index (χ0n) is 12.3. The van der Waals surface area contributed by atoms with E-state index in [0.717, 1.165) is 32.7 Å². The van der Waals surface area contributed by atoms with Crippen LogP contribution in [-0.4, -0.2) is 61.3 Å². The van der Waals surface area contributed by atoms with Gasteiger partial charge in [-0.3, -0.25) is 4.90 Å². The summed E-state index contributed by atoms with van der Waals surface area (Å²) in [6.07, 6.45) is 0. The van der Waals surface area contributed by atoms with Crippen molar-refractivity contribution in [2.24, 2.45) is 5.92 Å². The Bertz CT molecular complexity index is 281. The quantitative estimate of drug-likeness (QED) is 0.749. The molecule has 0 aromatic heterocycles. The van der Waals surface area contributed by atoms with E-state index < -0.39 is 0 Å². The Balaban J connectivity index is 0.000000771. The van der Waals surface area contributed by atoms with Crippen LogP contribution in [0.3, 0.4) is 0 Å². The third-order valence-corrected chi connectivity index (χ3v) is 4.13. The fourth-order valence-electron chi connectivity index (χ4n) is 2.73. The second-order valence-corrected chi connectivity index (χ2v) is 4.98. The Hall–Kier alpha value is -0.630. The Kier molecular flexibility index (Phi) is 6.07. The predicted molar refractivity (Wildman–Crippen MR) is 73.4 cm³/mol. The number of hydrogen-bond donors (Lipinski definition) is 0. The van der Waals surface area contributed by atoms with Gasteiger partial charge >= 0.3 is 0 Å². The van der Waals surface area contributed by atoms with E-state index in [-0.39, 0.29) is 11.5 Å². The minimum atomic E-state index is -0.0609. The molecule has 4 heteroatoms. The highest BCUT2D eigenvalue weighted by Gasteiger charge is 2.45. The van der Waals surface area contributed by atoms with Crippen LogP contribution in [0.5, 0.6) is 0 Å². The maximum absolute atomic E-state index is 9.16. The zero-order valence-corrected chi connectivity index (χ0v) is 12.3. The Labute approximate surface area is 112 Å². The monoisotopic (exact) mass is 253 g/mol. The second kappa shape index (κ2) is 7.08. The summed E-state index contributed by atoms with van der Waals surface area (Å²) in [5, 5.41) is 9.16. The molecule has 2 fully saturated rings. The molecule has 18 heavy (non-hydrogen) atoms. The summed E-state index contributed by atoms with van der Waals surface area (Å²) in [5.74, 6) is 0.0284. The van der Waals surface area contributed by atoms with Crippen LogP contribution in [0.15, 0.2) is 0 Å². The molecule has 2 heterocycles. The lowest BCUT2D eigenvalue weighted by molar-refractivity contribution is 0.0262. The van der Waals surface area contributed by atoms with Crippen molar-refractivity contribution < 1.29 is 4.74 Å². The molecule has 0 saturated carbocycles. The number of piperazine rings is 1. The lowest BCUT2D eigenvalue weighted by Crippen LogP contribution is -2.58. The van der Waals surface area contributed by atoms with Crippen molar-refractivity contribution in [3.8, 4) is 6.07 Å². The molecule has 2 aliphatic heterocycles. The topological polar surface area (TPSA) is 39.5 Å². The molecule has 0 amide bonds. The van der Waals surface area contributed by atoms with Crippen LogP contribution in [0.2, 0.25) is 0 Å². The van der Waals surface area contributed by atoms with Crippen LogP contribution in [0.4, 0.5) is 0 Å². The van der Waals surface area contributed by atoms with Gasteiger partial charge in [0, 0.05) is 26.2 Å². The average Bonchev–Trinajstić information content (AvgIpc) is 2.83. The first kappa shape index (κ1) is 15.4. The molecule has 0 aliphatic carbocycles. The summed E-state index contributed by atoms with van der Waals surface area (Å²) in [4.78, 5) is 4.90. The molecule has 4 nitrogen and oxygen atoms in total.